The molecule has 1 fully saturated rings. The summed E-state index contributed by atoms with van der Waals surface area (Å²) in [5.41, 5.74) is 5.60. The van der Waals surface area contributed by atoms with Crippen molar-refractivity contribution in [3.8, 4) is 0 Å². The van der Waals surface area contributed by atoms with E-state index >= 15 is 0 Å². The number of hydrogen-bond acceptors (Lipinski definition) is 1. The van der Waals surface area contributed by atoms with Gasteiger partial charge in [-0.05, 0) is 43.9 Å². The van der Waals surface area contributed by atoms with Crippen LogP contribution < -0.4 is 0 Å². The van der Waals surface area contributed by atoms with Gasteiger partial charge in [0.1, 0.15) is 0 Å². The number of aryl methyl sites for hydroxylation is 3. The number of alkyl halides is 1. The summed E-state index contributed by atoms with van der Waals surface area (Å²) < 4.78 is 5.47. The molecule has 1 aliphatic heterocycles. The molecule has 88 valence electrons. The molecule has 0 aromatic heterocycles. The molecule has 1 saturated heterocycles. The topological polar surface area (TPSA) is 9.23 Å². The number of benzene rings is 1. The summed E-state index contributed by atoms with van der Waals surface area (Å²) in [6.45, 7) is 8.38. The highest BCUT2D eigenvalue weighted by Gasteiger charge is 2.26. The van der Waals surface area contributed by atoms with Gasteiger partial charge >= 0.3 is 0 Å². The third-order valence-electron chi connectivity index (χ3n) is 3.39. The maximum atomic E-state index is 5.47. The average Bonchev–Trinajstić information content (AvgIpc) is 2.67. The first kappa shape index (κ1) is 12.1. The maximum Gasteiger partial charge on any atom is 0.0509 e. The van der Waals surface area contributed by atoms with Crippen LogP contribution >= 0.6 is 15.9 Å². The molecule has 0 N–H and O–H groups in total. The first-order valence-corrected chi connectivity index (χ1v) is 6.80. The highest BCUT2D eigenvalue weighted by molar-refractivity contribution is 9.09. The number of ether oxygens (including phenoxy) is 1. The third-order valence-corrected chi connectivity index (χ3v) is 4.60. The van der Waals surface area contributed by atoms with Gasteiger partial charge in [0, 0.05) is 17.4 Å². The van der Waals surface area contributed by atoms with Gasteiger partial charge in [-0.25, -0.2) is 0 Å². The summed E-state index contributed by atoms with van der Waals surface area (Å²) in [4.78, 5) is 0.440. The largest absolute Gasteiger partial charge is 0.381 e. The van der Waals surface area contributed by atoms with Crippen molar-refractivity contribution >= 4 is 15.9 Å². The Hall–Kier alpha value is -0.340. The molecule has 1 heterocycles. The highest BCUT2D eigenvalue weighted by atomic mass is 79.9. The van der Waals surface area contributed by atoms with E-state index in [1.165, 1.54) is 28.7 Å². The lowest BCUT2D eigenvalue weighted by molar-refractivity contribution is 0.185. The fourth-order valence-corrected chi connectivity index (χ4v) is 3.78. The van der Waals surface area contributed by atoms with Crippen LogP contribution in [0.1, 0.15) is 33.5 Å². The quantitative estimate of drug-likeness (QED) is 0.743. The average molecular weight is 283 g/mol. The molecule has 2 atom stereocenters. The molecule has 1 aromatic carbocycles. The van der Waals surface area contributed by atoms with Crippen molar-refractivity contribution in [1.82, 2.24) is 0 Å². The van der Waals surface area contributed by atoms with E-state index in [4.69, 9.17) is 4.74 Å². The lowest BCUT2D eigenvalue weighted by Crippen LogP contribution is -2.10. The molecule has 0 aliphatic carbocycles. The van der Waals surface area contributed by atoms with Crippen LogP contribution in [0.15, 0.2) is 12.1 Å². The Kier molecular flexibility index (Phi) is 3.70. The van der Waals surface area contributed by atoms with E-state index in [9.17, 15) is 0 Å². The Morgan fingerprint density at radius 2 is 1.88 bits per heavy atom. The summed E-state index contributed by atoms with van der Waals surface area (Å²) in [5.74, 6) is 0.625. The van der Waals surface area contributed by atoms with E-state index < -0.39 is 0 Å². The van der Waals surface area contributed by atoms with Crippen molar-refractivity contribution in [2.24, 2.45) is 5.92 Å². The minimum atomic E-state index is 0.440. The SMILES string of the molecule is Cc1cc(C)c(C(Br)C2CCOC2)c(C)c1. The number of halogens is 1. The lowest BCUT2D eigenvalue weighted by atomic mass is 9.91. The van der Waals surface area contributed by atoms with Crippen LogP contribution in [0, 0.1) is 26.7 Å². The maximum absolute atomic E-state index is 5.47. The zero-order valence-corrected chi connectivity index (χ0v) is 11.8. The number of hydrogen-bond donors (Lipinski definition) is 0. The smallest absolute Gasteiger partial charge is 0.0509 e. The van der Waals surface area contributed by atoms with Crippen molar-refractivity contribution in [3.05, 3.63) is 34.4 Å². The van der Waals surface area contributed by atoms with E-state index in [0.717, 1.165) is 13.2 Å². The predicted octanol–water partition coefficient (Wildman–Crippen LogP) is 4.08. The monoisotopic (exact) mass is 282 g/mol. The van der Waals surface area contributed by atoms with Crippen molar-refractivity contribution in [1.29, 1.82) is 0 Å². The number of rotatable bonds is 2. The van der Waals surface area contributed by atoms with Gasteiger partial charge in [-0.3, -0.25) is 0 Å². The molecular weight excluding hydrogens is 264 g/mol. The normalized spacial score (nSPS) is 22.4. The summed E-state index contributed by atoms with van der Waals surface area (Å²) in [6, 6.07) is 4.54. The zero-order chi connectivity index (χ0) is 11.7. The molecule has 0 bridgehead atoms. The highest BCUT2D eigenvalue weighted by Crippen LogP contribution is 2.39. The molecule has 1 nitrogen and oxygen atoms in total. The minimum absolute atomic E-state index is 0.440. The van der Waals surface area contributed by atoms with E-state index in [-0.39, 0.29) is 0 Å². The molecular formula is C14H19BrO. The van der Waals surface area contributed by atoms with Crippen LogP contribution in [0.5, 0.6) is 0 Å². The summed E-state index contributed by atoms with van der Waals surface area (Å²) in [6.07, 6.45) is 1.17. The van der Waals surface area contributed by atoms with Crippen LogP contribution in [0.3, 0.4) is 0 Å². The molecule has 2 unspecified atom stereocenters. The van der Waals surface area contributed by atoms with Gasteiger partial charge in [-0.15, -0.1) is 0 Å². The molecule has 2 rings (SSSR count). The molecule has 2 heteroatoms. The Labute approximate surface area is 106 Å². The first-order chi connectivity index (χ1) is 7.59. The van der Waals surface area contributed by atoms with Gasteiger partial charge < -0.3 is 4.74 Å². The molecule has 0 saturated carbocycles. The van der Waals surface area contributed by atoms with E-state index in [1.807, 2.05) is 0 Å². The van der Waals surface area contributed by atoms with Gasteiger partial charge in [0.2, 0.25) is 0 Å². The van der Waals surface area contributed by atoms with Crippen molar-refractivity contribution in [2.75, 3.05) is 13.2 Å². The van der Waals surface area contributed by atoms with Gasteiger partial charge in [0.05, 0.1) is 6.61 Å². The standard InChI is InChI=1S/C14H19BrO/c1-9-6-10(2)13(11(3)7-9)14(15)12-4-5-16-8-12/h6-7,12,14H,4-5,8H2,1-3H3. The molecule has 0 radical (unpaired) electrons. The first-order valence-electron chi connectivity index (χ1n) is 5.89. The molecule has 1 aromatic rings. The zero-order valence-electron chi connectivity index (χ0n) is 10.2. The van der Waals surface area contributed by atoms with Crippen LogP contribution in [0.25, 0.3) is 0 Å². The van der Waals surface area contributed by atoms with E-state index in [1.54, 1.807) is 0 Å². The van der Waals surface area contributed by atoms with Crippen LogP contribution in [-0.2, 0) is 4.74 Å². The Morgan fingerprint density at radius 1 is 1.25 bits per heavy atom. The van der Waals surface area contributed by atoms with Crippen molar-refractivity contribution in [2.45, 2.75) is 32.0 Å². The summed E-state index contributed by atoms with van der Waals surface area (Å²) in [5, 5.41) is 0. The lowest BCUT2D eigenvalue weighted by Gasteiger charge is -2.21. The van der Waals surface area contributed by atoms with E-state index in [2.05, 4.69) is 48.8 Å². The third kappa shape index (κ3) is 2.33. The second kappa shape index (κ2) is 4.89. The van der Waals surface area contributed by atoms with Crippen LogP contribution in [0.2, 0.25) is 0 Å². The Morgan fingerprint density at radius 3 is 2.38 bits per heavy atom. The molecule has 16 heavy (non-hydrogen) atoms. The van der Waals surface area contributed by atoms with Gasteiger partial charge in [0.15, 0.2) is 0 Å². The van der Waals surface area contributed by atoms with E-state index in [0.29, 0.717) is 10.7 Å². The van der Waals surface area contributed by atoms with Crippen LogP contribution in [-0.4, -0.2) is 13.2 Å². The van der Waals surface area contributed by atoms with Gasteiger partial charge in [-0.1, -0.05) is 33.6 Å². The van der Waals surface area contributed by atoms with Gasteiger partial charge in [-0.2, -0.15) is 0 Å². The van der Waals surface area contributed by atoms with Crippen molar-refractivity contribution < 1.29 is 4.74 Å². The summed E-state index contributed by atoms with van der Waals surface area (Å²) in [7, 11) is 0. The second-order valence-electron chi connectivity index (χ2n) is 4.84. The van der Waals surface area contributed by atoms with Crippen LogP contribution in [0.4, 0.5) is 0 Å². The molecule has 0 spiro atoms. The van der Waals surface area contributed by atoms with Gasteiger partial charge in [0.25, 0.3) is 0 Å². The molecule has 0 amide bonds. The Balaban J connectivity index is 2.31. The predicted molar refractivity (Wildman–Crippen MR) is 71.2 cm³/mol. The Bertz CT molecular complexity index is 357. The minimum Gasteiger partial charge on any atom is -0.381 e. The fourth-order valence-electron chi connectivity index (χ4n) is 2.65. The fraction of sp³-hybridized carbons (Fsp3) is 0.571. The molecule has 1 aliphatic rings. The summed E-state index contributed by atoms with van der Waals surface area (Å²) >= 11 is 3.86. The second-order valence-corrected chi connectivity index (χ2v) is 5.82. The van der Waals surface area contributed by atoms with Crippen molar-refractivity contribution in [3.63, 3.8) is 0 Å².